The summed E-state index contributed by atoms with van der Waals surface area (Å²) in [5.74, 6) is 0.258. The van der Waals surface area contributed by atoms with Gasteiger partial charge in [-0.05, 0) is 86.1 Å². The highest BCUT2D eigenvalue weighted by Crippen LogP contribution is 2.43. The highest BCUT2D eigenvalue weighted by Gasteiger charge is 2.29. The molecule has 0 spiro atoms. The maximum Gasteiger partial charge on any atom is 0.162 e. The normalized spacial score (nSPS) is 18.2. The Bertz CT molecular complexity index is 854. The molecule has 0 bridgehead atoms. The van der Waals surface area contributed by atoms with Gasteiger partial charge in [-0.2, -0.15) is 0 Å². The quantitative estimate of drug-likeness (QED) is 0.649. The van der Waals surface area contributed by atoms with Crippen LogP contribution in [-0.4, -0.2) is 29.9 Å². The van der Waals surface area contributed by atoms with Gasteiger partial charge in [0.05, 0.1) is 5.56 Å². The lowest BCUT2D eigenvalue weighted by atomic mass is 9.96. The molecule has 148 valence electrons. The fraction of sp³-hybridized carbons (Fsp3) is 0.435. The number of ether oxygens (including phenoxy) is 1. The first-order valence-electron chi connectivity index (χ1n) is 9.97. The minimum atomic E-state index is -0.415. The minimum absolute atomic E-state index is 0.112. The summed E-state index contributed by atoms with van der Waals surface area (Å²) in [6.45, 7) is 3.85. The number of rotatable bonds is 6. The van der Waals surface area contributed by atoms with Crippen LogP contribution in [0.5, 0.6) is 5.75 Å². The van der Waals surface area contributed by atoms with E-state index in [0.29, 0.717) is 18.2 Å². The van der Waals surface area contributed by atoms with E-state index in [1.807, 2.05) is 0 Å². The second-order valence-electron chi connectivity index (χ2n) is 7.91. The van der Waals surface area contributed by atoms with Gasteiger partial charge in [0.1, 0.15) is 23.5 Å². The molecule has 2 aromatic carbocycles. The van der Waals surface area contributed by atoms with E-state index in [0.717, 1.165) is 49.9 Å². The van der Waals surface area contributed by atoms with Gasteiger partial charge in [0.2, 0.25) is 0 Å². The Morgan fingerprint density at radius 2 is 1.75 bits per heavy atom. The van der Waals surface area contributed by atoms with Gasteiger partial charge < -0.3 is 4.74 Å². The maximum atomic E-state index is 14.4. The number of Topliss-reactive ketones (excluding diaryl/α,β-unsaturated/α-hetero) is 1. The van der Waals surface area contributed by atoms with E-state index in [1.165, 1.54) is 19.1 Å². The SMILES string of the molecule is CC(=O)c1cc(C2CC2)c(CN2CCC(Oc3ccc(F)cc3)CC2)cc1F. The third-order valence-electron chi connectivity index (χ3n) is 5.67. The molecule has 0 atom stereocenters. The molecule has 0 N–H and O–H groups in total. The Hall–Kier alpha value is -2.27. The van der Waals surface area contributed by atoms with E-state index < -0.39 is 5.82 Å². The van der Waals surface area contributed by atoms with Crippen molar-refractivity contribution in [3.63, 3.8) is 0 Å². The summed E-state index contributed by atoms with van der Waals surface area (Å²) in [7, 11) is 0. The standard InChI is InChI=1S/C23H25F2NO2/c1-15(27)21-13-22(16-2-3-16)17(12-23(21)25)14-26-10-8-20(9-11-26)28-19-6-4-18(24)5-7-19/h4-7,12-13,16,20H,2-3,8-11,14H2,1H3. The predicted octanol–water partition coefficient (Wildman–Crippen LogP) is 5.09. The number of nitrogens with zero attached hydrogens (tertiary/aromatic N) is 1. The van der Waals surface area contributed by atoms with E-state index >= 15 is 0 Å². The smallest absolute Gasteiger partial charge is 0.162 e. The van der Waals surface area contributed by atoms with E-state index in [-0.39, 0.29) is 23.3 Å². The Morgan fingerprint density at radius 3 is 2.36 bits per heavy atom. The molecule has 1 aliphatic carbocycles. The summed E-state index contributed by atoms with van der Waals surface area (Å²) in [5.41, 5.74) is 2.34. The highest BCUT2D eigenvalue weighted by molar-refractivity contribution is 5.94. The van der Waals surface area contributed by atoms with Crippen LogP contribution in [0.2, 0.25) is 0 Å². The van der Waals surface area contributed by atoms with Gasteiger partial charge in [-0.25, -0.2) is 8.78 Å². The van der Waals surface area contributed by atoms with E-state index in [4.69, 9.17) is 4.74 Å². The monoisotopic (exact) mass is 385 g/mol. The van der Waals surface area contributed by atoms with Crippen molar-refractivity contribution >= 4 is 5.78 Å². The predicted molar refractivity (Wildman–Crippen MR) is 104 cm³/mol. The average molecular weight is 385 g/mol. The zero-order valence-electron chi connectivity index (χ0n) is 16.1. The zero-order chi connectivity index (χ0) is 19.7. The molecule has 0 unspecified atom stereocenters. The van der Waals surface area contributed by atoms with E-state index in [9.17, 15) is 13.6 Å². The first-order valence-corrected chi connectivity index (χ1v) is 9.97. The fourth-order valence-corrected chi connectivity index (χ4v) is 3.94. The molecule has 2 aliphatic rings. The lowest BCUT2D eigenvalue weighted by Crippen LogP contribution is -2.38. The molecule has 1 heterocycles. The number of carbonyl (C=O) groups excluding carboxylic acids is 1. The Kier molecular flexibility index (Phi) is 5.44. The van der Waals surface area contributed by atoms with Gasteiger partial charge in [-0.1, -0.05) is 0 Å². The molecule has 0 radical (unpaired) electrons. The summed E-state index contributed by atoms with van der Waals surface area (Å²) in [5, 5.41) is 0. The molecular weight excluding hydrogens is 360 g/mol. The van der Waals surface area contributed by atoms with Crippen molar-refractivity contribution < 1.29 is 18.3 Å². The molecule has 0 amide bonds. The van der Waals surface area contributed by atoms with Crippen molar-refractivity contribution in [2.24, 2.45) is 0 Å². The molecule has 5 heteroatoms. The number of carbonyl (C=O) groups is 1. The fourth-order valence-electron chi connectivity index (χ4n) is 3.94. The number of hydrogen-bond donors (Lipinski definition) is 0. The molecule has 0 aromatic heterocycles. The van der Waals surface area contributed by atoms with Crippen LogP contribution in [0.15, 0.2) is 36.4 Å². The topological polar surface area (TPSA) is 29.5 Å². The van der Waals surface area contributed by atoms with Crippen LogP contribution in [0.25, 0.3) is 0 Å². The molecule has 1 saturated carbocycles. The third kappa shape index (κ3) is 4.41. The van der Waals surface area contributed by atoms with Crippen LogP contribution in [-0.2, 0) is 6.54 Å². The van der Waals surface area contributed by atoms with Crippen LogP contribution in [0.4, 0.5) is 8.78 Å². The molecule has 1 aliphatic heterocycles. The maximum absolute atomic E-state index is 14.4. The molecule has 2 fully saturated rings. The van der Waals surface area contributed by atoms with Gasteiger partial charge in [-0.3, -0.25) is 9.69 Å². The number of hydrogen-bond acceptors (Lipinski definition) is 3. The van der Waals surface area contributed by atoms with Gasteiger partial charge in [0.25, 0.3) is 0 Å². The lowest BCUT2D eigenvalue weighted by Gasteiger charge is -2.32. The Morgan fingerprint density at radius 1 is 1.07 bits per heavy atom. The van der Waals surface area contributed by atoms with Crippen molar-refractivity contribution in [1.29, 1.82) is 0 Å². The zero-order valence-corrected chi connectivity index (χ0v) is 16.1. The van der Waals surface area contributed by atoms with E-state index in [1.54, 1.807) is 24.3 Å². The molecule has 1 saturated heterocycles. The van der Waals surface area contributed by atoms with Crippen molar-refractivity contribution in [2.45, 2.75) is 51.2 Å². The van der Waals surface area contributed by atoms with Crippen LogP contribution >= 0.6 is 0 Å². The van der Waals surface area contributed by atoms with Crippen molar-refractivity contribution in [3.05, 3.63) is 64.7 Å². The van der Waals surface area contributed by atoms with Crippen molar-refractivity contribution in [1.82, 2.24) is 4.90 Å². The molecule has 28 heavy (non-hydrogen) atoms. The summed E-state index contributed by atoms with van der Waals surface area (Å²) in [6, 6.07) is 9.46. The van der Waals surface area contributed by atoms with Crippen LogP contribution in [0, 0.1) is 11.6 Å². The lowest BCUT2D eigenvalue weighted by molar-refractivity contribution is 0.0964. The first kappa shape index (κ1) is 19.1. The van der Waals surface area contributed by atoms with Gasteiger partial charge in [0.15, 0.2) is 5.78 Å². The second-order valence-corrected chi connectivity index (χ2v) is 7.91. The highest BCUT2D eigenvalue weighted by atomic mass is 19.1. The number of piperidine rings is 1. The molecule has 4 rings (SSSR count). The summed E-state index contributed by atoms with van der Waals surface area (Å²) < 4.78 is 33.3. The van der Waals surface area contributed by atoms with Crippen molar-refractivity contribution in [2.75, 3.05) is 13.1 Å². The van der Waals surface area contributed by atoms with Crippen molar-refractivity contribution in [3.8, 4) is 5.75 Å². The number of benzene rings is 2. The Balaban J connectivity index is 1.39. The minimum Gasteiger partial charge on any atom is -0.490 e. The Labute approximate surface area is 164 Å². The molecule has 2 aromatic rings. The largest absolute Gasteiger partial charge is 0.490 e. The van der Waals surface area contributed by atoms with Gasteiger partial charge in [-0.15, -0.1) is 0 Å². The first-order chi connectivity index (χ1) is 13.5. The summed E-state index contributed by atoms with van der Waals surface area (Å²) >= 11 is 0. The number of ketones is 1. The molecule has 3 nitrogen and oxygen atoms in total. The summed E-state index contributed by atoms with van der Waals surface area (Å²) in [6.07, 6.45) is 4.10. The van der Waals surface area contributed by atoms with Gasteiger partial charge >= 0.3 is 0 Å². The molecular formula is C23H25F2NO2. The van der Waals surface area contributed by atoms with Crippen LogP contribution in [0.1, 0.15) is 60.0 Å². The average Bonchev–Trinajstić information content (AvgIpc) is 3.50. The number of likely N-dealkylation sites (tertiary alicyclic amines) is 1. The number of halogens is 2. The second kappa shape index (κ2) is 8.00. The van der Waals surface area contributed by atoms with Crippen LogP contribution in [0.3, 0.4) is 0 Å². The third-order valence-corrected chi connectivity index (χ3v) is 5.67. The van der Waals surface area contributed by atoms with E-state index in [2.05, 4.69) is 4.90 Å². The van der Waals surface area contributed by atoms with Gasteiger partial charge in [0, 0.05) is 19.6 Å². The summed E-state index contributed by atoms with van der Waals surface area (Å²) in [4.78, 5) is 14.0. The van der Waals surface area contributed by atoms with Crippen LogP contribution < -0.4 is 4.74 Å².